The van der Waals surface area contributed by atoms with Crippen LogP contribution >= 0.6 is 11.3 Å². The van der Waals surface area contributed by atoms with Gasteiger partial charge in [0.25, 0.3) is 0 Å². The summed E-state index contributed by atoms with van der Waals surface area (Å²) in [6.45, 7) is 4.14. The van der Waals surface area contributed by atoms with Gasteiger partial charge in [0.15, 0.2) is 4.90 Å². The molecule has 10 heteroatoms. The normalized spacial score (nSPS) is 12.7. The second-order valence-electron chi connectivity index (χ2n) is 4.82. The molecule has 0 unspecified atom stereocenters. The van der Waals surface area contributed by atoms with Gasteiger partial charge in [0.05, 0.1) is 11.3 Å². The van der Waals surface area contributed by atoms with Gasteiger partial charge in [-0.1, -0.05) is 6.92 Å². The molecule has 0 radical (unpaired) electrons. The molecular weight excluding hydrogens is 360 g/mol. The number of thiazole rings is 1. The number of rotatable bonds is 7. The van der Waals surface area contributed by atoms with E-state index in [-0.39, 0.29) is 33.7 Å². The van der Waals surface area contributed by atoms with Gasteiger partial charge in [-0.3, -0.25) is 0 Å². The standard InChI is InChI=1S/C13H18N2O5S3/c1-4-8-14-23(18,19)12-9(20-5-2)6-7-10-11(12)15-13(21-10)22(3,16)17/h6-7,14H,4-5,8H2,1-3H3. The molecule has 0 aliphatic rings. The molecule has 0 fully saturated rings. The van der Waals surface area contributed by atoms with E-state index in [2.05, 4.69) is 9.71 Å². The van der Waals surface area contributed by atoms with Crippen LogP contribution in [0.2, 0.25) is 0 Å². The Morgan fingerprint density at radius 2 is 1.91 bits per heavy atom. The van der Waals surface area contributed by atoms with Crippen molar-refractivity contribution < 1.29 is 21.6 Å². The number of sulfone groups is 1. The Bertz CT molecular complexity index is 916. The molecule has 23 heavy (non-hydrogen) atoms. The largest absolute Gasteiger partial charge is 0.492 e. The maximum Gasteiger partial charge on any atom is 0.246 e. The Morgan fingerprint density at radius 3 is 2.48 bits per heavy atom. The summed E-state index contributed by atoms with van der Waals surface area (Å²) < 4.78 is 56.8. The average Bonchev–Trinajstić information content (AvgIpc) is 2.89. The monoisotopic (exact) mass is 378 g/mol. The van der Waals surface area contributed by atoms with Crippen molar-refractivity contribution in [3.05, 3.63) is 12.1 Å². The summed E-state index contributed by atoms with van der Waals surface area (Å²) in [6, 6.07) is 3.14. The zero-order chi connectivity index (χ0) is 17.3. The second kappa shape index (κ2) is 6.71. The van der Waals surface area contributed by atoms with Crippen molar-refractivity contribution in [2.24, 2.45) is 0 Å². The highest BCUT2D eigenvalue weighted by Gasteiger charge is 2.26. The van der Waals surface area contributed by atoms with Crippen LogP contribution in [0.4, 0.5) is 0 Å². The minimum Gasteiger partial charge on any atom is -0.492 e. The Labute approximate surface area is 139 Å². The van der Waals surface area contributed by atoms with E-state index < -0.39 is 19.9 Å². The number of benzene rings is 1. The minimum atomic E-state index is -3.86. The lowest BCUT2D eigenvalue weighted by Crippen LogP contribution is -2.25. The molecule has 1 heterocycles. The molecule has 0 saturated carbocycles. The molecule has 1 aromatic carbocycles. The molecule has 0 aliphatic heterocycles. The Kier molecular flexibility index (Phi) is 5.29. The van der Waals surface area contributed by atoms with Crippen molar-refractivity contribution in [3.8, 4) is 5.75 Å². The fourth-order valence-electron chi connectivity index (χ4n) is 1.93. The van der Waals surface area contributed by atoms with E-state index in [1.165, 1.54) is 6.07 Å². The zero-order valence-electron chi connectivity index (χ0n) is 13.0. The maximum atomic E-state index is 12.6. The highest BCUT2D eigenvalue weighted by Crippen LogP contribution is 2.36. The molecular formula is C13H18N2O5S3. The van der Waals surface area contributed by atoms with Crippen molar-refractivity contribution in [1.82, 2.24) is 9.71 Å². The number of hydrogen-bond donors (Lipinski definition) is 1. The summed E-state index contributed by atoms with van der Waals surface area (Å²) in [4.78, 5) is 3.92. The van der Waals surface area contributed by atoms with Crippen LogP contribution in [0.5, 0.6) is 5.75 Å². The van der Waals surface area contributed by atoms with Crippen LogP contribution in [0.25, 0.3) is 10.2 Å². The van der Waals surface area contributed by atoms with E-state index in [1.807, 2.05) is 6.92 Å². The highest BCUT2D eigenvalue weighted by atomic mass is 32.2. The third-order valence-electron chi connectivity index (χ3n) is 2.89. The molecule has 1 N–H and O–H groups in total. The van der Waals surface area contributed by atoms with Gasteiger partial charge in [0, 0.05) is 12.8 Å². The van der Waals surface area contributed by atoms with Crippen molar-refractivity contribution in [1.29, 1.82) is 0 Å². The van der Waals surface area contributed by atoms with E-state index in [4.69, 9.17) is 4.74 Å². The predicted molar refractivity (Wildman–Crippen MR) is 89.4 cm³/mol. The first kappa shape index (κ1) is 18.1. The molecule has 0 saturated heterocycles. The van der Waals surface area contributed by atoms with E-state index in [9.17, 15) is 16.8 Å². The van der Waals surface area contributed by atoms with Gasteiger partial charge in [0.1, 0.15) is 11.3 Å². The first-order valence-corrected chi connectivity index (χ1v) is 11.2. The topological polar surface area (TPSA) is 102 Å². The zero-order valence-corrected chi connectivity index (χ0v) is 15.4. The molecule has 2 aromatic rings. The molecule has 0 atom stereocenters. The first-order chi connectivity index (χ1) is 10.7. The number of aromatic nitrogens is 1. The van der Waals surface area contributed by atoms with Gasteiger partial charge in [-0.15, -0.1) is 11.3 Å². The number of nitrogens with one attached hydrogen (secondary N) is 1. The third kappa shape index (κ3) is 3.82. The minimum absolute atomic E-state index is 0.114. The highest BCUT2D eigenvalue weighted by molar-refractivity contribution is 7.92. The number of ether oxygens (including phenoxy) is 1. The number of hydrogen-bond acceptors (Lipinski definition) is 7. The summed E-state index contributed by atoms with van der Waals surface area (Å²) in [7, 11) is -7.38. The van der Waals surface area contributed by atoms with E-state index in [1.54, 1.807) is 13.0 Å². The Balaban J connectivity index is 2.76. The van der Waals surface area contributed by atoms with Crippen LogP contribution in [0.3, 0.4) is 0 Å². The SMILES string of the molecule is CCCNS(=O)(=O)c1c(OCC)ccc2sc(S(C)(=O)=O)nc12. The summed E-state index contributed by atoms with van der Waals surface area (Å²) in [5.74, 6) is 0.161. The van der Waals surface area contributed by atoms with E-state index in [0.29, 0.717) is 11.1 Å². The van der Waals surface area contributed by atoms with Crippen LogP contribution in [0.1, 0.15) is 20.3 Å². The van der Waals surface area contributed by atoms with Gasteiger partial charge in [0.2, 0.25) is 24.2 Å². The second-order valence-corrected chi connectivity index (χ2v) is 9.75. The third-order valence-corrected chi connectivity index (χ3v) is 7.10. The van der Waals surface area contributed by atoms with E-state index in [0.717, 1.165) is 17.6 Å². The molecule has 128 valence electrons. The maximum absolute atomic E-state index is 12.6. The molecule has 0 bridgehead atoms. The van der Waals surface area contributed by atoms with Crippen LogP contribution < -0.4 is 9.46 Å². The van der Waals surface area contributed by atoms with Gasteiger partial charge < -0.3 is 4.74 Å². The lowest BCUT2D eigenvalue weighted by molar-refractivity contribution is 0.332. The lowest BCUT2D eigenvalue weighted by Gasteiger charge is -2.12. The van der Waals surface area contributed by atoms with Crippen molar-refractivity contribution >= 4 is 41.4 Å². The van der Waals surface area contributed by atoms with Gasteiger partial charge in [-0.2, -0.15) is 0 Å². The summed E-state index contributed by atoms with van der Waals surface area (Å²) in [6.07, 6.45) is 1.67. The number of nitrogens with zero attached hydrogens (tertiary/aromatic N) is 1. The number of fused-ring (bicyclic) bond motifs is 1. The molecule has 0 aliphatic carbocycles. The molecule has 0 spiro atoms. The Morgan fingerprint density at radius 1 is 1.22 bits per heavy atom. The lowest BCUT2D eigenvalue weighted by atomic mass is 10.3. The Hall–Kier alpha value is -1.23. The smallest absolute Gasteiger partial charge is 0.246 e. The molecule has 2 rings (SSSR count). The van der Waals surface area contributed by atoms with Gasteiger partial charge in [-0.25, -0.2) is 26.5 Å². The number of sulfonamides is 1. The van der Waals surface area contributed by atoms with E-state index >= 15 is 0 Å². The fourth-order valence-corrected chi connectivity index (χ4v) is 5.25. The van der Waals surface area contributed by atoms with Crippen molar-refractivity contribution in [2.45, 2.75) is 29.5 Å². The van der Waals surface area contributed by atoms with Gasteiger partial charge in [-0.05, 0) is 25.5 Å². The van der Waals surface area contributed by atoms with Crippen LogP contribution in [0, 0.1) is 0 Å². The summed E-state index contributed by atoms with van der Waals surface area (Å²) in [5.41, 5.74) is 0.116. The first-order valence-electron chi connectivity index (χ1n) is 6.96. The molecule has 0 amide bonds. The summed E-state index contributed by atoms with van der Waals surface area (Å²) >= 11 is 0.938. The van der Waals surface area contributed by atoms with Crippen LogP contribution in [-0.2, 0) is 19.9 Å². The average molecular weight is 378 g/mol. The van der Waals surface area contributed by atoms with Crippen molar-refractivity contribution in [3.63, 3.8) is 0 Å². The van der Waals surface area contributed by atoms with Gasteiger partial charge >= 0.3 is 0 Å². The predicted octanol–water partition coefficient (Wildman–Crippen LogP) is 1.79. The van der Waals surface area contributed by atoms with Crippen molar-refractivity contribution in [2.75, 3.05) is 19.4 Å². The quantitative estimate of drug-likeness (QED) is 0.788. The van der Waals surface area contributed by atoms with Crippen LogP contribution in [0.15, 0.2) is 21.4 Å². The van der Waals surface area contributed by atoms with Crippen LogP contribution in [-0.4, -0.2) is 41.2 Å². The molecule has 7 nitrogen and oxygen atoms in total. The summed E-state index contributed by atoms with van der Waals surface area (Å²) in [5, 5.41) is 0. The fraction of sp³-hybridized carbons (Fsp3) is 0.462. The molecule has 1 aromatic heterocycles.